The molecule has 1 aliphatic rings. The van der Waals surface area contributed by atoms with Gasteiger partial charge in [0.1, 0.15) is 5.75 Å². The van der Waals surface area contributed by atoms with Gasteiger partial charge >= 0.3 is 0 Å². The van der Waals surface area contributed by atoms with Crippen molar-refractivity contribution in [1.29, 1.82) is 0 Å². The minimum absolute atomic E-state index is 0.300. The third kappa shape index (κ3) is 4.12. The highest BCUT2D eigenvalue weighted by molar-refractivity contribution is 9.10. The van der Waals surface area contributed by atoms with E-state index in [1.165, 1.54) is 30.6 Å². The molecule has 2 atom stereocenters. The predicted molar refractivity (Wildman–Crippen MR) is 85.6 cm³/mol. The Balaban J connectivity index is 2.10. The number of rotatable bonds is 5. The number of nitrogens with two attached hydrogens (primary N) is 1. The van der Waals surface area contributed by atoms with Crippen LogP contribution in [0.4, 0.5) is 0 Å². The average Bonchev–Trinajstić information content (AvgIpc) is 2.46. The van der Waals surface area contributed by atoms with Gasteiger partial charge in [0.2, 0.25) is 0 Å². The maximum atomic E-state index is 5.77. The van der Waals surface area contributed by atoms with Gasteiger partial charge in [-0.25, -0.2) is 0 Å². The van der Waals surface area contributed by atoms with Crippen LogP contribution in [0.3, 0.4) is 0 Å². The summed E-state index contributed by atoms with van der Waals surface area (Å²) in [7, 11) is 1.72. The van der Waals surface area contributed by atoms with Crippen molar-refractivity contribution in [2.24, 2.45) is 5.84 Å². The van der Waals surface area contributed by atoms with E-state index in [1.54, 1.807) is 7.11 Å². The van der Waals surface area contributed by atoms with Crippen molar-refractivity contribution in [3.8, 4) is 5.75 Å². The van der Waals surface area contributed by atoms with Crippen molar-refractivity contribution in [3.05, 3.63) is 28.2 Å². The van der Waals surface area contributed by atoms with Crippen LogP contribution < -0.4 is 16.0 Å². The highest BCUT2D eigenvalue weighted by Crippen LogP contribution is 2.31. The Hall–Kier alpha value is -0.230. The summed E-state index contributed by atoms with van der Waals surface area (Å²) in [6, 6.07) is 6.42. The molecule has 1 fully saturated rings. The Morgan fingerprint density at radius 2 is 2.37 bits per heavy atom. The number of nitrogens with one attached hydrogen (secondary N) is 1. The van der Waals surface area contributed by atoms with E-state index in [0.29, 0.717) is 11.3 Å². The van der Waals surface area contributed by atoms with Crippen molar-refractivity contribution in [2.45, 2.75) is 37.0 Å². The molecule has 0 aromatic heterocycles. The zero-order valence-electron chi connectivity index (χ0n) is 11.2. The molecule has 5 heteroatoms. The Kier molecular flexibility index (Phi) is 6.01. The molecule has 2 rings (SSSR count). The summed E-state index contributed by atoms with van der Waals surface area (Å²) >= 11 is 5.56. The third-order valence-corrected chi connectivity index (χ3v) is 5.57. The Morgan fingerprint density at radius 3 is 3.00 bits per heavy atom. The summed E-state index contributed by atoms with van der Waals surface area (Å²) in [4.78, 5) is 0. The SMILES string of the molecule is COc1ccc(Br)cc1CC(NN)C1CCCCS1. The highest BCUT2D eigenvalue weighted by Gasteiger charge is 2.24. The van der Waals surface area contributed by atoms with Gasteiger partial charge < -0.3 is 4.74 Å². The number of ether oxygens (including phenoxy) is 1. The molecule has 1 aromatic rings. The van der Waals surface area contributed by atoms with Crippen molar-refractivity contribution in [2.75, 3.05) is 12.9 Å². The summed E-state index contributed by atoms with van der Waals surface area (Å²) in [6.07, 6.45) is 4.79. The molecule has 1 aliphatic heterocycles. The zero-order valence-corrected chi connectivity index (χ0v) is 13.6. The fraction of sp³-hybridized carbons (Fsp3) is 0.571. The lowest BCUT2D eigenvalue weighted by Crippen LogP contribution is -2.45. The van der Waals surface area contributed by atoms with Crippen LogP contribution in [0.2, 0.25) is 0 Å². The van der Waals surface area contributed by atoms with Gasteiger partial charge in [-0.05, 0) is 48.8 Å². The van der Waals surface area contributed by atoms with Crippen molar-refractivity contribution in [1.82, 2.24) is 5.43 Å². The van der Waals surface area contributed by atoms with Crippen LogP contribution in [-0.4, -0.2) is 24.2 Å². The van der Waals surface area contributed by atoms with E-state index in [-0.39, 0.29) is 0 Å². The van der Waals surface area contributed by atoms with Gasteiger partial charge in [-0.15, -0.1) is 0 Å². The maximum absolute atomic E-state index is 5.77. The van der Waals surface area contributed by atoms with E-state index in [1.807, 2.05) is 23.9 Å². The standard InChI is InChI=1S/C14H21BrN2OS/c1-18-13-6-5-11(15)8-10(13)9-12(17-16)14-4-2-3-7-19-14/h5-6,8,12,14,17H,2-4,7,9,16H2,1H3. The van der Waals surface area contributed by atoms with Gasteiger partial charge in [0.25, 0.3) is 0 Å². The number of hydrazine groups is 1. The summed E-state index contributed by atoms with van der Waals surface area (Å²) in [5.41, 5.74) is 4.20. The monoisotopic (exact) mass is 344 g/mol. The molecule has 0 saturated carbocycles. The van der Waals surface area contributed by atoms with Gasteiger partial charge in [0.15, 0.2) is 0 Å². The van der Waals surface area contributed by atoms with Crippen molar-refractivity contribution in [3.63, 3.8) is 0 Å². The van der Waals surface area contributed by atoms with Crippen LogP contribution in [0.5, 0.6) is 5.75 Å². The van der Waals surface area contributed by atoms with E-state index in [9.17, 15) is 0 Å². The molecule has 0 radical (unpaired) electrons. The van der Waals surface area contributed by atoms with Crippen LogP contribution in [-0.2, 0) is 6.42 Å². The molecule has 106 valence electrons. The van der Waals surface area contributed by atoms with E-state index in [2.05, 4.69) is 27.4 Å². The van der Waals surface area contributed by atoms with E-state index < -0.39 is 0 Å². The Labute approximate surface area is 127 Å². The number of methoxy groups -OCH3 is 1. The summed E-state index contributed by atoms with van der Waals surface area (Å²) in [5, 5.41) is 0.599. The first-order valence-electron chi connectivity index (χ1n) is 6.64. The molecule has 0 bridgehead atoms. The van der Waals surface area contributed by atoms with Gasteiger partial charge in [-0.2, -0.15) is 11.8 Å². The second-order valence-electron chi connectivity index (χ2n) is 4.84. The molecule has 1 heterocycles. The smallest absolute Gasteiger partial charge is 0.122 e. The van der Waals surface area contributed by atoms with Crippen LogP contribution >= 0.6 is 27.7 Å². The lowest BCUT2D eigenvalue weighted by Gasteiger charge is -2.29. The number of hydrogen-bond acceptors (Lipinski definition) is 4. The van der Waals surface area contributed by atoms with Crippen molar-refractivity contribution < 1.29 is 4.74 Å². The second kappa shape index (κ2) is 7.53. The van der Waals surface area contributed by atoms with Crippen LogP contribution in [0, 0.1) is 0 Å². The predicted octanol–water partition coefficient (Wildman–Crippen LogP) is 3.12. The first-order chi connectivity index (χ1) is 9.24. The first kappa shape index (κ1) is 15.2. The molecule has 2 unspecified atom stereocenters. The molecule has 0 spiro atoms. The number of benzene rings is 1. The first-order valence-corrected chi connectivity index (χ1v) is 8.49. The molecule has 3 N–H and O–H groups in total. The molecule has 1 aromatic carbocycles. The van der Waals surface area contributed by atoms with Gasteiger partial charge in [-0.1, -0.05) is 22.4 Å². The average molecular weight is 345 g/mol. The van der Waals surface area contributed by atoms with E-state index in [0.717, 1.165) is 16.6 Å². The molecular formula is C14H21BrN2OS. The highest BCUT2D eigenvalue weighted by atomic mass is 79.9. The van der Waals surface area contributed by atoms with Crippen LogP contribution in [0.25, 0.3) is 0 Å². The van der Waals surface area contributed by atoms with Gasteiger partial charge in [0.05, 0.1) is 7.11 Å². The van der Waals surface area contributed by atoms with Gasteiger partial charge in [-0.3, -0.25) is 11.3 Å². The molecule has 0 aliphatic carbocycles. The minimum Gasteiger partial charge on any atom is -0.496 e. The van der Waals surface area contributed by atoms with Gasteiger partial charge in [0, 0.05) is 15.8 Å². The summed E-state index contributed by atoms with van der Waals surface area (Å²) in [5.74, 6) is 7.95. The zero-order chi connectivity index (χ0) is 13.7. The summed E-state index contributed by atoms with van der Waals surface area (Å²) < 4.78 is 6.52. The maximum Gasteiger partial charge on any atom is 0.122 e. The lowest BCUT2D eigenvalue weighted by atomic mass is 9.99. The van der Waals surface area contributed by atoms with E-state index >= 15 is 0 Å². The molecule has 19 heavy (non-hydrogen) atoms. The number of halogens is 1. The Bertz CT molecular complexity index is 410. The molecular weight excluding hydrogens is 324 g/mol. The quantitative estimate of drug-likeness (QED) is 0.636. The topological polar surface area (TPSA) is 47.3 Å². The van der Waals surface area contributed by atoms with E-state index in [4.69, 9.17) is 10.6 Å². The normalized spacial score (nSPS) is 21.1. The number of thioether (sulfide) groups is 1. The molecule has 1 saturated heterocycles. The molecule has 0 amide bonds. The fourth-order valence-corrected chi connectivity index (χ4v) is 4.35. The summed E-state index contributed by atoms with van der Waals surface area (Å²) in [6.45, 7) is 0. The van der Waals surface area contributed by atoms with Crippen molar-refractivity contribution >= 4 is 27.7 Å². The lowest BCUT2D eigenvalue weighted by molar-refractivity contribution is 0.402. The largest absolute Gasteiger partial charge is 0.496 e. The van der Waals surface area contributed by atoms with Crippen LogP contribution in [0.15, 0.2) is 22.7 Å². The Morgan fingerprint density at radius 1 is 1.53 bits per heavy atom. The molecule has 3 nitrogen and oxygen atoms in total. The minimum atomic E-state index is 0.300. The fourth-order valence-electron chi connectivity index (χ4n) is 2.52. The number of hydrogen-bond donors (Lipinski definition) is 2. The van der Waals surface area contributed by atoms with Crippen LogP contribution in [0.1, 0.15) is 24.8 Å². The third-order valence-electron chi connectivity index (χ3n) is 3.56. The second-order valence-corrected chi connectivity index (χ2v) is 7.10.